The molecule has 0 saturated carbocycles. The Balaban J connectivity index is 1.37. The van der Waals surface area contributed by atoms with Crippen LogP contribution in [0, 0.1) is 5.82 Å². The summed E-state index contributed by atoms with van der Waals surface area (Å²) in [6.07, 6.45) is 4.05. The Bertz CT molecular complexity index is 777. The Morgan fingerprint density at radius 1 is 1.12 bits per heavy atom. The first kappa shape index (κ1) is 17.2. The third-order valence-corrected chi connectivity index (χ3v) is 6.13. The van der Waals surface area contributed by atoms with E-state index >= 15 is 0 Å². The van der Waals surface area contributed by atoms with Crippen LogP contribution in [-0.4, -0.2) is 34.8 Å². The third kappa shape index (κ3) is 3.51. The van der Waals surface area contributed by atoms with Gasteiger partial charge in [0.05, 0.1) is 6.42 Å². The number of piperidine rings is 1. The van der Waals surface area contributed by atoms with E-state index in [-0.39, 0.29) is 35.8 Å². The molecule has 4 rings (SSSR count). The van der Waals surface area contributed by atoms with Crippen LogP contribution in [0.25, 0.3) is 0 Å². The molecule has 2 aliphatic rings. The molecule has 2 unspecified atom stereocenters. The first-order valence-corrected chi connectivity index (χ1v) is 9.93. The topological polar surface area (TPSA) is 49.4 Å². The van der Waals surface area contributed by atoms with Gasteiger partial charge in [0.15, 0.2) is 0 Å². The lowest BCUT2D eigenvalue weighted by Crippen LogP contribution is -2.52. The average Bonchev–Trinajstić information content (AvgIpc) is 3.21. The Labute approximate surface area is 156 Å². The molecular weight excluding hydrogens is 351 g/mol. The van der Waals surface area contributed by atoms with Gasteiger partial charge < -0.3 is 10.2 Å². The first-order chi connectivity index (χ1) is 12.6. The SMILES string of the molecule is O=C(NC1CC2CCC(C1)N2C(=O)Cc1ccsc1)c1ccc(F)cc1. The maximum Gasteiger partial charge on any atom is 0.251 e. The van der Waals surface area contributed by atoms with Crippen LogP contribution in [0.4, 0.5) is 4.39 Å². The third-order valence-electron chi connectivity index (χ3n) is 5.40. The molecule has 2 amide bonds. The summed E-state index contributed by atoms with van der Waals surface area (Å²) in [7, 11) is 0. The van der Waals surface area contributed by atoms with Crippen molar-refractivity contribution < 1.29 is 14.0 Å². The lowest BCUT2D eigenvalue weighted by molar-refractivity contribution is -0.135. The van der Waals surface area contributed by atoms with E-state index in [0.29, 0.717) is 12.0 Å². The average molecular weight is 372 g/mol. The Morgan fingerprint density at radius 3 is 2.42 bits per heavy atom. The number of hydrogen-bond donors (Lipinski definition) is 1. The van der Waals surface area contributed by atoms with Gasteiger partial charge in [-0.1, -0.05) is 0 Å². The number of fused-ring (bicyclic) bond motifs is 2. The minimum atomic E-state index is -0.350. The van der Waals surface area contributed by atoms with E-state index in [0.717, 1.165) is 31.2 Å². The summed E-state index contributed by atoms with van der Waals surface area (Å²) in [4.78, 5) is 27.1. The van der Waals surface area contributed by atoms with Crippen LogP contribution in [0.1, 0.15) is 41.6 Å². The molecule has 6 heteroatoms. The van der Waals surface area contributed by atoms with Crippen molar-refractivity contribution in [1.82, 2.24) is 10.2 Å². The summed E-state index contributed by atoms with van der Waals surface area (Å²) in [5.74, 6) is -0.330. The summed E-state index contributed by atoms with van der Waals surface area (Å²) in [5.41, 5.74) is 1.54. The number of rotatable bonds is 4. The number of carbonyl (C=O) groups excluding carboxylic acids is 2. The summed E-state index contributed by atoms with van der Waals surface area (Å²) in [6, 6.07) is 8.07. The molecule has 3 heterocycles. The molecule has 0 aliphatic carbocycles. The van der Waals surface area contributed by atoms with Crippen LogP contribution >= 0.6 is 11.3 Å². The van der Waals surface area contributed by atoms with Crippen molar-refractivity contribution >= 4 is 23.2 Å². The van der Waals surface area contributed by atoms with E-state index in [2.05, 4.69) is 10.2 Å². The Morgan fingerprint density at radius 2 is 1.81 bits per heavy atom. The number of hydrogen-bond acceptors (Lipinski definition) is 3. The van der Waals surface area contributed by atoms with Gasteiger partial charge in [-0.25, -0.2) is 4.39 Å². The predicted octanol–water partition coefficient (Wildman–Crippen LogP) is 3.38. The molecule has 2 fully saturated rings. The van der Waals surface area contributed by atoms with Gasteiger partial charge in [0.2, 0.25) is 5.91 Å². The van der Waals surface area contributed by atoms with E-state index in [4.69, 9.17) is 0 Å². The molecular formula is C20H21FN2O2S. The summed E-state index contributed by atoms with van der Waals surface area (Å²) < 4.78 is 13.0. The molecule has 2 aliphatic heterocycles. The van der Waals surface area contributed by atoms with Crippen LogP contribution in [0.5, 0.6) is 0 Å². The number of carbonyl (C=O) groups is 2. The van der Waals surface area contributed by atoms with Gasteiger partial charge in [-0.05, 0) is 72.3 Å². The highest BCUT2D eigenvalue weighted by Crippen LogP contribution is 2.36. The summed E-state index contributed by atoms with van der Waals surface area (Å²) in [6.45, 7) is 0. The van der Waals surface area contributed by atoms with Crippen LogP contribution in [0.3, 0.4) is 0 Å². The largest absolute Gasteiger partial charge is 0.349 e. The van der Waals surface area contributed by atoms with Gasteiger partial charge >= 0.3 is 0 Å². The van der Waals surface area contributed by atoms with Crippen molar-refractivity contribution in [3.05, 3.63) is 58.0 Å². The van der Waals surface area contributed by atoms with Gasteiger partial charge in [0, 0.05) is 23.7 Å². The van der Waals surface area contributed by atoms with Crippen molar-refractivity contribution in [1.29, 1.82) is 0 Å². The molecule has 1 N–H and O–H groups in total. The number of benzene rings is 1. The highest BCUT2D eigenvalue weighted by Gasteiger charge is 2.43. The molecule has 2 atom stereocenters. The van der Waals surface area contributed by atoms with E-state index in [1.165, 1.54) is 24.3 Å². The van der Waals surface area contributed by atoms with E-state index in [9.17, 15) is 14.0 Å². The molecule has 0 radical (unpaired) electrons. The quantitative estimate of drug-likeness (QED) is 0.894. The van der Waals surface area contributed by atoms with Crippen LogP contribution in [0.2, 0.25) is 0 Å². The lowest BCUT2D eigenvalue weighted by Gasteiger charge is -2.39. The second kappa shape index (κ2) is 7.19. The van der Waals surface area contributed by atoms with Crippen molar-refractivity contribution in [2.75, 3.05) is 0 Å². The number of thiophene rings is 1. The minimum Gasteiger partial charge on any atom is -0.349 e. The van der Waals surface area contributed by atoms with Crippen molar-refractivity contribution in [3.8, 4) is 0 Å². The Kier molecular flexibility index (Phi) is 4.76. The molecule has 4 nitrogen and oxygen atoms in total. The molecule has 2 saturated heterocycles. The molecule has 26 heavy (non-hydrogen) atoms. The first-order valence-electron chi connectivity index (χ1n) is 8.99. The molecule has 0 spiro atoms. The van der Waals surface area contributed by atoms with Gasteiger partial charge in [-0.15, -0.1) is 0 Å². The molecule has 136 valence electrons. The zero-order valence-electron chi connectivity index (χ0n) is 14.4. The van der Waals surface area contributed by atoms with E-state index in [1.54, 1.807) is 11.3 Å². The standard InChI is InChI=1S/C20H21FN2O2S/c21-15-3-1-14(2-4-15)20(25)22-16-10-17-5-6-18(11-16)23(17)19(24)9-13-7-8-26-12-13/h1-4,7-8,12,16-18H,5-6,9-11H2,(H,22,25). The molecule has 1 aromatic carbocycles. The fourth-order valence-electron chi connectivity index (χ4n) is 4.23. The van der Waals surface area contributed by atoms with E-state index < -0.39 is 0 Å². The Hall–Kier alpha value is -2.21. The molecule has 2 bridgehead atoms. The summed E-state index contributed by atoms with van der Waals surface area (Å²) in [5, 5.41) is 7.08. The van der Waals surface area contributed by atoms with Crippen LogP contribution in [0.15, 0.2) is 41.1 Å². The number of halogens is 1. The fourth-order valence-corrected chi connectivity index (χ4v) is 4.90. The zero-order chi connectivity index (χ0) is 18.1. The fraction of sp³-hybridized carbons (Fsp3) is 0.400. The minimum absolute atomic E-state index is 0.0650. The maximum atomic E-state index is 13.0. The van der Waals surface area contributed by atoms with E-state index in [1.807, 2.05) is 16.8 Å². The second-order valence-electron chi connectivity index (χ2n) is 7.14. The van der Waals surface area contributed by atoms with Crippen LogP contribution in [-0.2, 0) is 11.2 Å². The van der Waals surface area contributed by atoms with Gasteiger partial charge in [0.1, 0.15) is 5.82 Å². The summed E-state index contributed by atoms with van der Waals surface area (Å²) >= 11 is 1.61. The molecule has 2 aromatic rings. The number of nitrogens with zero attached hydrogens (tertiary/aromatic N) is 1. The monoisotopic (exact) mass is 372 g/mol. The highest BCUT2D eigenvalue weighted by atomic mass is 32.1. The van der Waals surface area contributed by atoms with Gasteiger partial charge in [-0.2, -0.15) is 11.3 Å². The zero-order valence-corrected chi connectivity index (χ0v) is 15.2. The number of amides is 2. The second-order valence-corrected chi connectivity index (χ2v) is 7.92. The lowest BCUT2D eigenvalue weighted by atomic mass is 9.96. The van der Waals surface area contributed by atoms with Crippen LogP contribution < -0.4 is 5.32 Å². The molecule has 1 aromatic heterocycles. The highest BCUT2D eigenvalue weighted by molar-refractivity contribution is 7.08. The smallest absolute Gasteiger partial charge is 0.251 e. The predicted molar refractivity (Wildman–Crippen MR) is 98.6 cm³/mol. The number of nitrogens with one attached hydrogen (secondary N) is 1. The van der Waals surface area contributed by atoms with Crippen molar-refractivity contribution in [3.63, 3.8) is 0 Å². The normalized spacial score (nSPS) is 24.5. The van der Waals surface area contributed by atoms with Gasteiger partial charge in [-0.3, -0.25) is 9.59 Å². The van der Waals surface area contributed by atoms with Crippen molar-refractivity contribution in [2.45, 2.75) is 50.2 Å². The van der Waals surface area contributed by atoms with Gasteiger partial charge in [0.25, 0.3) is 5.91 Å². The maximum absolute atomic E-state index is 13.0. The van der Waals surface area contributed by atoms with Crippen molar-refractivity contribution in [2.24, 2.45) is 0 Å².